The quantitative estimate of drug-likeness (QED) is 0.465. The number of rotatable bonds is 0. The van der Waals surface area contributed by atoms with E-state index in [1.165, 1.54) is 21.6 Å². The van der Waals surface area contributed by atoms with Crippen molar-refractivity contribution in [3.05, 3.63) is 0 Å². The zero-order valence-corrected chi connectivity index (χ0v) is 8.90. The molecule has 0 amide bonds. The fourth-order valence-electron chi connectivity index (χ4n) is 0.159. The fraction of sp³-hybridized carbons (Fsp3) is 0.500. The number of thiocarbonyl (C=S) groups is 2. The highest BCUT2D eigenvalue weighted by Crippen LogP contribution is 2.22. The first kappa shape index (κ1) is 10.5. The zero-order valence-electron chi connectivity index (χ0n) is 5.63. The van der Waals surface area contributed by atoms with E-state index in [-0.39, 0.29) is 0 Å². The van der Waals surface area contributed by atoms with Crippen molar-refractivity contribution in [1.29, 1.82) is 0 Å². The van der Waals surface area contributed by atoms with Crippen LogP contribution < -0.4 is 10.6 Å². The van der Waals surface area contributed by atoms with Crippen molar-refractivity contribution < 1.29 is 0 Å². The topological polar surface area (TPSA) is 24.1 Å². The van der Waals surface area contributed by atoms with Gasteiger partial charge in [-0.1, -0.05) is 24.4 Å². The van der Waals surface area contributed by atoms with Crippen LogP contribution in [0.4, 0.5) is 0 Å². The van der Waals surface area contributed by atoms with E-state index in [1.54, 1.807) is 14.1 Å². The van der Waals surface area contributed by atoms with E-state index in [2.05, 4.69) is 10.6 Å². The molecule has 0 spiro atoms. The molecule has 0 saturated carbocycles. The average Bonchev–Trinajstić information content (AvgIpc) is 1.99. The van der Waals surface area contributed by atoms with Gasteiger partial charge in [0.15, 0.2) is 0 Å². The van der Waals surface area contributed by atoms with Gasteiger partial charge in [-0.25, -0.2) is 0 Å². The van der Waals surface area contributed by atoms with Crippen LogP contribution in [-0.2, 0) is 0 Å². The Balaban J connectivity index is 3.35. The van der Waals surface area contributed by atoms with E-state index in [0.717, 1.165) is 8.64 Å². The van der Waals surface area contributed by atoms with Crippen LogP contribution in [0.2, 0.25) is 0 Å². The summed E-state index contributed by atoms with van der Waals surface area (Å²) in [5, 5.41) is 5.66. The Kier molecular flexibility index (Phi) is 6.50. The molecule has 58 valence electrons. The van der Waals surface area contributed by atoms with Gasteiger partial charge >= 0.3 is 0 Å². The Morgan fingerprint density at radius 2 is 1.30 bits per heavy atom. The molecule has 0 rings (SSSR count). The van der Waals surface area contributed by atoms with Gasteiger partial charge in [-0.3, -0.25) is 0 Å². The largest absolute Gasteiger partial charge is 0.373 e. The van der Waals surface area contributed by atoms with E-state index in [0.29, 0.717) is 0 Å². The van der Waals surface area contributed by atoms with Crippen LogP contribution in [0, 0.1) is 0 Å². The first-order valence-corrected chi connectivity index (χ1v) is 5.45. The summed E-state index contributed by atoms with van der Waals surface area (Å²) in [4.78, 5) is 0. The van der Waals surface area contributed by atoms with Gasteiger partial charge in [-0.15, -0.1) is 0 Å². The van der Waals surface area contributed by atoms with Crippen LogP contribution in [0.25, 0.3) is 0 Å². The molecule has 0 aromatic heterocycles. The predicted molar refractivity (Wildman–Crippen MR) is 58.5 cm³/mol. The molecule has 0 bridgehead atoms. The molecule has 0 aromatic carbocycles. The van der Waals surface area contributed by atoms with Crippen molar-refractivity contribution >= 4 is 54.7 Å². The Morgan fingerprint density at radius 3 is 1.50 bits per heavy atom. The minimum absolute atomic E-state index is 0.739. The molecular weight excluding hydrogens is 204 g/mol. The van der Waals surface area contributed by atoms with Gasteiger partial charge in [0.1, 0.15) is 8.64 Å². The summed E-state index contributed by atoms with van der Waals surface area (Å²) in [7, 11) is 6.46. The van der Waals surface area contributed by atoms with Gasteiger partial charge in [-0.05, 0) is 21.6 Å². The maximum Gasteiger partial charge on any atom is 0.144 e. The molecule has 0 aromatic rings. The second-order valence-electron chi connectivity index (χ2n) is 1.24. The molecule has 0 heterocycles. The Bertz CT molecular complexity index is 119. The zero-order chi connectivity index (χ0) is 7.98. The van der Waals surface area contributed by atoms with Crippen molar-refractivity contribution in [1.82, 2.24) is 10.6 Å². The van der Waals surface area contributed by atoms with Crippen molar-refractivity contribution in [2.45, 2.75) is 0 Å². The summed E-state index contributed by atoms with van der Waals surface area (Å²) < 4.78 is 1.48. The second kappa shape index (κ2) is 6.21. The van der Waals surface area contributed by atoms with Gasteiger partial charge in [0.05, 0.1) is 0 Å². The van der Waals surface area contributed by atoms with Crippen LogP contribution in [0.3, 0.4) is 0 Å². The van der Waals surface area contributed by atoms with Crippen LogP contribution in [0.5, 0.6) is 0 Å². The van der Waals surface area contributed by atoms with Crippen molar-refractivity contribution in [2.24, 2.45) is 0 Å². The molecule has 6 heteroatoms. The monoisotopic (exact) mass is 212 g/mol. The number of hydrogen-bond acceptors (Lipinski definition) is 4. The summed E-state index contributed by atoms with van der Waals surface area (Å²) >= 11 is 9.73. The van der Waals surface area contributed by atoms with E-state index >= 15 is 0 Å². The van der Waals surface area contributed by atoms with E-state index in [4.69, 9.17) is 24.4 Å². The normalized spacial score (nSPS) is 8.60. The Hall–Kier alpha value is 0.480. The van der Waals surface area contributed by atoms with Crippen molar-refractivity contribution in [2.75, 3.05) is 14.1 Å². The number of hydrogen-bond donors (Lipinski definition) is 2. The third-order valence-corrected chi connectivity index (χ3v) is 4.19. The molecule has 0 aliphatic rings. The van der Waals surface area contributed by atoms with Gasteiger partial charge < -0.3 is 10.6 Å². The van der Waals surface area contributed by atoms with Gasteiger partial charge in [0, 0.05) is 14.1 Å². The third-order valence-electron chi connectivity index (χ3n) is 0.601. The average molecular weight is 212 g/mol. The number of nitrogens with one attached hydrogen (secondary N) is 2. The molecule has 2 N–H and O–H groups in total. The molecule has 10 heavy (non-hydrogen) atoms. The maximum atomic E-state index is 4.87. The molecule has 0 fully saturated rings. The van der Waals surface area contributed by atoms with Crippen molar-refractivity contribution in [3.63, 3.8) is 0 Å². The molecule has 0 aliphatic heterocycles. The lowest BCUT2D eigenvalue weighted by atomic mass is 11.2. The lowest BCUT2D eigenvalue weighted by Crippen LogP contribution is -2.13. The highest BCUT2D eigenvalue weighted by Gasteiger charge is 1.97. The first-order chi connectivity index (χ1) is 4.70. The molecule has 0 saturated heterocycles. The molecule has 0 aliphatic carbocycles. The molecular formula is C4H8N2S4. The standard InChI is InChI=1S/C4H8N2S4/c1-5-3(7)9-10-4(8)6-2/h1-2H3,(H,5,7)(H,6,8). The lowest BCUT2D eigenvalue weighted by Gasteiger charge is -2.01. The minimum Gasteiger partial charge on any atom is -0.373 e. The van der Waals surface area contributed by atoms with Crippen LogP contribution in [-0.4, -0.2) is 22.7 Å². The lowest BCUT2D eigenvalue weighted by molar-refractivity contribution is 1.23. The smallest absolute Gasteiger partial charge is 0.144 e. The molecule has 0 atom stereocenters. The first-order valence-electron chi connectivity index (χ1n) is 2.48. The minimum atomic E-state index is 0.739. The van der Waals surface area contributed by atoms with E-state index in [9.17, 15) is 0 Å². The highest BCUT2D eigenvalue weighted by atomic mass is 33.1. The molecule has 0 unspecified atom stereocenters. The van der Waals surface area contributed by atoms with Crippen molar-refractivity contribution in [3.8, 4) is 0 Å². The van der Waals surface area contributed by atoms with E-state index in [1.807, 2.05) is 0 Å². The summed E-state index contributed by atoms with van der Waals surface area (Å²) in [6, 6.07) is 0. The van der Waals surface area contributed by atoms with Gasteiger partial charge in [0.25, 0.3) is 0 Å². The maximum absolute atomic E-state index is 4.87. The highest BCUT2D eigenvalue weighted by molar-refractivity contribution is 8.89. The molecule has 0 radical (unpaired) electrons. The van der Waals surface area contributed by atoms with Crippen LogP contribution in [0.1, 0.15) is 0 Å². The van der Waals surface area contributed by atoms with Crippen LogP contribution in [0.15, 0.2) is 0 Å². The van der Waals surface area contributed by atoms with Crippen LogP contribution >= 0.6 is 46.0 Å². The predicted octanol–water partition coefficient (Wildman–Crippen LogP) is 1.38. The fourth-order valence-corrected chi connectivity index (χ4v) is 2.04. The molecule has 2 nitrogen and oxygen atoms in total. The summed E-state index contributed by atoms with van der Waals surface area (Å²) in [6.07, 6.45) is 0. The Labute approximate surface area is 79.3 Å². The Morgan fingerprint density at radius 1 is 1.00 bits per heavy atom. The summed E-state index contributed by atoms with van der Waals surface area (Å²) in [6.45, 7) is 0. The van der Waals surface area contributed by atoms with Gasteiger partial charge in [-0.2, -0.15) is 0 Å². The summed E-state index contributed by atoms with van der Waals surface area (Å²) in [5.41, 5.74) is 0. The SMILES string of the molecule is CNC(=S)SSC(=S)NC. The summed E-state index contributed by atoms with van der Waals surface area (Å²) in [5.74, 6) is 0. The van der Waals surface area contributed by atoms with Gasteiger partial charge in [0.2, 0.25) is 0 Å². The van der Waals surface area contributed by atoms with E-state index < -0.39 is 0 Å². The second-order valence-corrected chi connectivity index (χ2v) is 4.72. The third kappa shape index (κ3) is 5.28.